The SMILES string of the molecule is Cc1ccccc1C(=O)NC(C)c1cc(NC2CCCOC2)nc2ccccc12. The van der Waals surface area contributed by atoms with Crippen molar-refractivity contribution < 1.29 is 9.53 Å². The quantitative estimate of drug-likeness (QED) is 0.668. The van der Waals surface area contributed by atoms with Gasteiger partial charge in [0.2, 0.25) is 0 Å². The first-order valence-corrected chi connectivity index (χ1v) is 10.2. The van der Waals surface area contributed by atoms with E-state index in [1.54, 1.807) is 0 Å². The molecule has 1 aliphatic heterocycles. The van der Waals surface area contributed by atoms with Crippen LogP contribution in [0.1, 0.15) is 47.3 Å². The zero-order valence-corrected chi connectivity index (χ0v) is 16.9. The molecule has 2 aromatic carbocycles. The monoisotopic (exact) mass is 389 g/mol. The van der Waals surface area contributed by atoms with Crippen LogP contribution in [-0.2, 0) is 4.74 Å². The molecule has 29 heavy (non-hydrogen) atoms. The Balaban J connectivity index is 1.62. The van der Waals surface area contributed by atoms with E-state index in [-0.39, 0.29) is 18.0 Å². The van der Waals surface area contributed by atoms with Gasteiger partial charge in [-0.2, -0.15) is 0 Å². The Labute approximate surface area is 171 Å². The van der Waals surface area contributed by atoms with Crippen LogP contribution >= 0.6 is 0 Å². The Morgan fingerprint density at radius 2 is 1.97 bits per heavy atom. The fraction of sp³-hybridized carbons (Fsp3) is 0.333. The normalized spacial score (nSPS) is 17.7. The van der Waals surface area contributed by atoms with Crippen molar-refractivity contribution in [3.05, 3.63) is 71.3 Å². The number of para-hydroxylation sites is 1. The number of rotatable bonds is 5. The van der Waals surface area contributed by atoms with Crippen molar-refractivity contribution in [1.82, 2.24) is 10.3 Å². The van der Waals surface area contributed by atoms with Crippen LogP contribution in [0.3, 0.4) is 0 Å². The maximum atomic E-state index is 12.8. The largest absolute Gasteiger partial charge is 0.379 e. The molecule has 5 nitrogen and oxygen atoms in total. The van der Waals surface area contributed by atoms with Gasteiger partial charge in [0.05, 0.1) is 24.2 Å². The molecular formula is C24H27N3O2. The summed E-state index contributed by atoms with van der Waals surface area (Å²) in [5, 5.41) is 7.72. The smallest absolute Gasteiger partial charge is 0.252 e. The van der Waals surface area contributed by atoms with E-state index in [9.17, 15) is 4.79 Å². The molecule has 0 radical (unpaired) electrons. The van der Waals surface area contributed by atoms with Crippen LogP contribution in [0.2, 0.25) is 0 Å². The molecule has 0 aliphatic carbocycles. The summed E-state index contributed by atoms with van der Waals surface area (Å²) in [6.07, 6.45) is 2.13. The van der Waals surface area contributed by atoms with Gasteiger partial charge < -0.3 is 15.4 Å². The summed E-state index contributed by atoms with van der Waals surface area (Å²) in [4.78, 5) is 17.6. The molecule has 1 aliphatic rings. The first-order chi connectivity index (χ1) is 14.1. The van der Waals surface area contributed by atoms with Gasteiger partial charge in [-0.3, -0.25) is 4.79 Å². The predicted octanol–water partition coefficient (Wildman–Crippen LogP) is 4.63. The molecule has 2 N–H and O–H groups in total. The Bertz CT molecular complexity index is 1010. The number of pyridine rings is 1. The minimum Gasteiger partial charge on any atom is -0.379 e. The number of hydrogen-bond donors (Lipinski definition) is 2. The molecule has 2 unspecified atom stereocenters. The van der Waals surface area contributed by atoms with Crippen molar-refractivity contribution in [3.8, 4) is 0 Å². The fourth-order valence-electron chi connectivity index (χ4n) is 3.88. The Morgan fingerprint density at radius 1 is 1.17 bits per heavy atom. The van der Waals surface area contributed by atoms with Crippen molar-refractivity contribution in [3.63, 3.8) is 0 Å². The van der Waals surface area contributed by atoms with Gasteiger partial charge in [0.1, 0.15) is 5.82 Å². The molecule has 0 bridgehead atoms. The molecule has 0 saturated carbocycles. The summed E-state index contributed by atoms with van der Waals surface area (Å²) in [6.45, 7) is 5.50. The highest BCUT2D eigenvalue weighted by molar-refractivity contribution is 5.96. The number of ether oxygens (including phenoxy) is 1. The third-order valence-electron chi connectivity index (χ3n) is 5.46. The second-order valence-electron chi connectivity index (χ2n) is 7.68. The molecule has 150 valence electrons. The standard InChI is InChI=1S/C24H27N3O2/c1-16-8-3-4-10-19(16)24(28)25-17(2)21-14-23(26-18-9-7-13-29-15-18)27-22-12-6-5-11-20(21)22/h3-6,8,10-12,14,17-18H,7,9,13,15H2,1-2H3,(H,25,28)(H,26,27). The zero-order valence-electron chi connectivity index (χ0n) is 16.9. The second kappa shape index (κ2) is 8.62. The van der Waals surface area contributed by atoms with Crippen molar-refractivity contribution in [2.24, 2.45) is 0 Å². The molecule has 2 atom stereocenters. The van der Waals surface area contributed by atoms with Crippen molar-refractivity contribution in [1.29, 1.82) is 0 Å². The van der Waals surface area contributed by atoms with E-state index in [1.807, 2.05) is 56.3 Å². The van der Waals surface area contributed by atoms with E-state index in [2.05, 4.69) is 22.8 Å². The highest BCUT2D eigenvalue weighted by Gasteiger charge is 2.19. The third kappa shape index (κ3) is 4.40. The molecule has 4 rings (SSSR count). The summed E-state index contributed by atoms with van der Waals surface area (Å²) < 4.78 is 5.59. The van der Waals surface area contributed by atoms with E-state index in [4.69, 9.17) is 9.72 Å². The minimum absolute atomic E-state index is 0.0633. The highest BCUT2D eigenvalue weighted by Crippen LogP contribution is 2.27. The topological polar surface area (TPSA) is 63.2 Å². The molecule has 1 fully saturated rings. The van der Waals surface area contributed by atoms with Gasteiger partial charge in [-0.15, -0.1) is 0 Å². The lowest BCUT2D eigenvalue weighted by Gasteiger charge is -2.25. The van der Waals surface area contributed by atoms with Crippen LogP contribution in [0.4, 0.5) is 5.82 Å². The maximum Gasteiger partial charge on any atom is 0.252 e. The molecule has 2 heterocycles. The van der Waals surface area contributed by atoms with Gasteiger partial charge in [0.25, 0.3) is 5.91 Å². The Kier molecular flexibility index (Phi) is 5.76. The van der Waals surface area contributed by atoms with Crippen LogP contribution in [-0.4, -0.2) is 30.1 Å². The lowest BCUT2D eigenvalue weighted by atomic mass is 10.0. The predicted molar refractivity (Wildman–Crippen MR) is 116 cm³/mol. The number of nitrogens with zero attached hydrogens (tertiary/aromatic N) is 1. The van der Waals surface area contributed by atoms with E-state index < -0.39 is 0 Å². The average Bonchev–Trinajstić information content (AvgIpc) is 2.74. The first-order valence-electron chi connectivity index (χ1n) is 10.2. The number of anilines is 1. The van der Waals surface area contributed by atoms with Gasteiger partial charge in [-0.25, -0.2) is 4.98 Å². The highest BCUT2D eigenvalue weighted by atomic mass is 16.5. The van der Waals surface area contributed by atoms with Crippen molar-refractivity contribution >= 4 is 22.6 Å². The number of aryl methyl sites for hydroxylation is 1. The average molecular weight is 389 g/mol. The van der Waals surface area contributed by atoms with E-state index in [0.29, 0.717) is 12.2 Å². The van der Waals surface area contributed by atoms with Crippen LogP contribution in [0.5, 0.6) is 0 Å². The van der Waals surface area contributed by atoms with E-state index >= 15 is 0 Å². The number of fused-ring (bicyclic) bond motifs is 1. The Hall–Kier alpha value is -2.92. The number of nitrogens with one attached hydrogen (secondary N) is 2. The second-order valence-corrected chi connectivity index (χ2v) is 7.68. The summed E-state index contributed by atoms with van der Waals surface area (Å²) >= 11 is 0. The number of carbonyl (C=O) groups is 1. The minimum atomic E-state index is -0.154. The Morgan fingerprint density at radius 3 is 2.76 bits per heavy atom. The number of carbonyl (C=O) groups excluding carboxylic acids is 1. The van der Waals surface area contributed by atoms with E-state index in [0.717, 1.165) is 47.3 Å². The van der Waals surface area contributed by atoms with Gasteiger partial charge in [0, 0.05) is 17.6 Å². The summed E-state index contributed by atoms with van der Waals surface area (Å²) in [6, 6.07) is 17.9. The van der Waals surface area contributed by atoms with Crippen LogP contribution in [0, 0.1) is 6.92 Å². The summed E-state index contributed by atoms with van der Waals surface area (Å²) in [5.41, 5.74) is 3.64. The molecule has 5 heteroatoms. The van der Waals surface area contributed by atoms with Crippen LogP contribution in [0.15, 0.2) is 54.6 Å². The van der Waals surface area contributed by atoms with Crippen LogP contribution < -0.4 is 10.6 Å². The molecule has 0 spiro atoms. The van der Waals surface area contributed by atoms with Crippen LogP contribution in [0.25, 0.3) is 10.9 Å². The van der Waals surface area contributed by atoms with Crippen molar-refractivity contribution in [2.75, 3.05) is 18.5 Å². The number of aromatic nitrogens is 1. The van der Waals surface area contributed by atoms with Gasteiger partial charge in [-0.05, 0) is 56.0 Å². The maximum absolute atomic E-state index is 12.8. The first kappa shape index (κ1) is 19.4. The number of amides is 1. The zero-order chi connectivity index (χ0) is 20.2. The van der Waals surface area contributed by atoms with Crippen molar-refractivity contribution in [2.45, 2.75) is 38.8 Å². The third-order valence-corrected chi connectivity index (χ3v) is 5.46. The van der Waals surface area contributed by atoms with Gasteiger partial charge >= 0.3 is 0 Å². The van der Waals surface area contributed by atoms with Gasteiger partial charge in [0.15, 0.2) is 0 Å². The summed E-state index contributed by atoms with van der Waals surface area (Å²) in [7, 11) is 0. The molecule has 3 aromatic rings. The molecule has 1 aromatic heterocycles. The molecule has 1 amide bonds. The fourth-order valence-corrected chi connectivity index (χ4v) is 3.88. The summed E-state index contributed by atoms with van der Waals surface area (Å²) in [5.74, 6) is 0.762. The van der Waals surface area contributed by atoms with E-state index in [1.165, 1.54) is 0 Å². The molecular weight excluding hydrogens is 362 g/mol. The van der Waals surface area contributed by atoms with Gasteiger partial charge in [-0.1, -0.05) is 36.4 Å². The number of hydrogen-bond acceptors (Lipinski definition) is 4. The lowest BCUT2D eigenvalue weighted by Crippen LogP contribution is -2.31. The lowest BCUT2D eigenvalue weighted by molar-refractivity contribution is 0.0875. The number of benzene rings is 2. The molecule has 1 saturated heterocycles.